The number of nitrogens with one attached hydrogen (secondary N) is 1. The summed E-state index contributed by atoms with van der Waals surface area (Å²) in [7, 11) is 0. The molecule has 1 aromatic carbocycles. The van der Waals surface area contributed by atoms with E-state index in [1.807, 2.05) is 19.1 Å². The van der Waals surface area contributed by atoms with E-state index in [9.17, 15) is 9.59 Å². The molecule has 0 heterocycles. The highest BCUT2D eigenvalue weighted by atomic mass is 16.1. The largest absolute Gasteiger partial charge is 0.326 e. The molecule has 0 aliphatic rings. The number of benzene rings is 1. The Balaban J connectivity index is 3.03. The molecule has 1 amide bonds. The molecule has 0 fully saturated rings. The molecular formula is C11H13NO2. The number of hydrogen-bond donors (Lipinski definition) is 1. The Bertz CT molecular complexity index is 358. The lowest BCUT2D eigenvalue weighted by molar-refractivity contribution is -0.114. The highest BCUT2D eigenvalue weighted by Gasteiger charge is 2.00. The van der Waals surface area contributed by atoms with Crippen molar-refractivity contribution in [3.8, 4) is 0 Å². The summed E-state index contributed by atoms with van der Waals surface area (Å²) in [6.45, 7) is 3.45. The van der Waals surface area contributed by atoms with Crippen LogP contribution in [0.2, 0.25) is 0 Å². The Morgan fingerprint density at radius 1 is 1.43 bits per heavy atom. The van der Waals surface area contributed by atoms with Crippen LogP contribution < -0.4 is 5.32 Å². The van der Waals surface area contributed by atoms with Crippen LogP contribution in [0.5, 0.6) is 0 Å². The van der Waals surface area contributed by atoms with Gasteiger partial charge in [0.1, 0.15) is 6.29 Å². The van der Waals surface area contributed by atoms with Crippen LogP contribution in [0.25, 0.3) is 0 Å². The molecule has 0 aliphatic carbocycles. The van der Waals surface area contributed by atoms with E-state index in [4.69, 9.17) is 0 Å². The summed E-state index contributed by atoms with van der Waals surface area (Å²) in [6, 6.07) is 5.35. The van der Waals surface area contributed by atoms with Gasteiger partial charge in [0.2, 0.25) is 5.91 Å². The maximum Gasteiger partial charge on any atom is 0.221 e. The first-order chi connectivity index (χ1) is 6.65. The average molecular weight is 191 g/mol. The number of carbonyl (C=O) groups excluding carboxylic acids is 2. The zero-order valence-corrected chi connectivity index (χ0v) is 8.33. The minimum absolute atomic E-state index is 0.130. The average Bonchev–Trinajstić information content (AvgIpc) is 2.16. The van der Waals surface area contributed by atoms with Gasteiger partial charge >= 0.3 is 0 Å². The lowest BCUT2D eigenvalue weighted by Crippen LogP contribution is -2.06. The van der Waals surface area contributed by atoms with E-state index in [0.717, 1.165) is 18.3 Å². The topological polar surface area (TPSA) is 46.2 Å². The first kappa shape index (κ1) is 10.4. The first-order valence-electron chi connectivity index (χ1n) is 4.52. The molecule has 0 atom stereocenters. The van der Waals surface area contributed by atoms with Crippen LogP contribution in [0.3, 0.4) is 0 Å². The molecule has 3 nitrogen and oxygen atoms in total. The fourth-order valence-electron chi connectivity index (χ4n) is 1.27. The van der Waals surface area contributed by atoms with Crippen LogP contribution in [-0.4, -0.2) is 12.2 Å². The van der Waals surface area contributed by atoms with E-state index in [1.54, 1.807) is 6.07 Å². The summed E-state index contributed by atoms with van der Waals surface area (Å²) in [5.74, 6) is -0.130. The minimum Gasteiger partial charge on any atom is -0.326 e. The Morgan fingerprint density at radius 3 is 2.64 bits per heavy atom. The number of carbonyl (C=O) groups is 2. The molecule has 0 spiro atoms. The molecule has 0 saturated carbocycles. The maximum absolute atomic E-state index is 10.8. The molecule has 0 unspecified atom stereocenters. The van der Waals surface area contributed by atoms with Crippen LogP contribution >= 0.6 is 0 Å². The zero-order valence-electron chi connectivity index (χ0n) is 8.33. The second kappa shape index (κ2) is 4.56. The van der Waals surface area contributed by atoms with Crippen LogP contribution in [0.1, 0.15) is 29.8 Å². The van der Waals surface area contributed by atoms with E-state index in [1.165, 1.54) is 6.92 Å². The van der Waals surface area contributed by atoms with Gasteiger partial charge in [0, 0.05) is 18.2 Å². The van der Waals surface area contributed by atoms with Crippen LogP contribution in [0.4, 0.5) is 5.69 Å². The Labute approximate surface area is 83.1 Å². The molecule has 0 aliphatic heterocycles. The second-order valence-electron chi connectivity index (χ2n) is 3.12. The molecule has 1 rings (SSSR count). The summed E-state index contributed by atoms with van der Waals surface area (Å²) in [4.78, 5) is 21.4. The molecule has 14 heavy (non-hydrogen) atoms. The van der Waals surface area contributed by atoms with Crippen LogP contribution in [0, 0.1) is 0 Å². The van der Waals surface area contributed by atoms with Crippen molar-refractivity contribution in [3.63, 3.8) is 0 Å². The molecule has 3 heteroatoms. The minimum atomic E-state index is -0.130. The summed E-state index contributed by atoms with van der Waals surface area (Å²) >= 11 is 0. The van der Waals surface area contributed by atoms with Crippen molar-refractivity contribution in [3.05, 3.63) is 29.3 Å². The molecule has 0 bridgehead atoms. The van der Waals surface area contributed by atoms with Gasteiger partial charge in [0.25, 0.3) is 0 Å². The summed E-state index contributed by atoms with van der Waals surface area (Å²) < 4.78 is 0. The summed E-state index contributed by atoms with van der Waals surface area (Å²) in [6.07, 6.45) is 1.62. The highest BCUT2D eigenvalue weighted by molar-refractivity contribution is 5.90. The normalized spacial score (nSPS) is 9.57. The van der Waals surface area contributed by atoms with Crippen molar-refractivity contribution >= 4 is 17.9 Å². The van der Waals surface area contributed by atoms with Gasteiger partial charge in [-0.1, -0.05) is 6.92 Å². The molecule has 1 N–H and O–H groups in total. The van der Waals surface area contributed by atoms with Crippen molar-refractivity contribution in [2.75, 3.05) is 5.32 Å². The van der Waals surface area contributed by atoms with Gasteiger partial charge in [-0.2, -0.15) is 0 Å². The fraction of sp³-hybridized carbons (Fsp3) is 0.273. The van der Waals surface area contributed by atoms with Gasteiger partial charge in [-0.05, 0) is 30.2 Å². The third kappa shape index (κ3) is 2.69. The van der Waals surface area contributed by atoms with Crippen molar-refractivity contribution < 1.29 is 9.59 Å². The summed E-state index contributed by atoms with van der Waals surface area (Å²) in [5.41, 5.74) is 2.31. The van der Waals surface area contributed by atoms with Gasteiger partial charge in [0.15, 0.2) is 0 Å². The van der Waals surface area contributed by atoms with Gasteiger partial charge in [0.05, 0.1) is 0 Å². The van der Waals surface area contributed by atoms with E-state index < -0.39 is 0 Å². The number of hydrogen-bond acceptors (Lipinski definition) is 2. The number of amides is 1. The first-order valence-corrected chi connectivity index (χ1v) is 4.52. The summed E-state index contributed by atoms with van der Waals surface area (Å²) in [5, 5.41) is 2.66. The monoisotopic (exact) mass is 191 g/mol. The predicted molar refractivity (Wildman–Crippen MR) is 55.5 cm³/mol. The molecule has 74 valence electrons. The standard InChI is InChI=1S/C11H13NO2/c1-3-9-4-10(7-13)6-11(5-9)12-8(2)14/h4-7H,3H2,1-2H3,(H,12,14). The Hall–Kier alpha value is -1.64. The third-order valence-electron chi connectivity index (χ3n) is 1.88. The third-order valence-corrected chi connectivity index (χ3v) is 1.88. The number of aldehydes is 1. The van der Waals surface area contributed by atoms with Gasteiger partial charge < -0.3 is 5.32 Å². The van der Waals surface area contributed by atoms with Gasteiger partial charge in [-0.15, -0.1) is 0 Å². The number of anilines is 1. The Morgan fingerprint density at radius 2 is 2.14 bits per heavy atom. The zero-order chi connectivity index (χ0) is 10.6. The highest BCUT2D eigenvalue weighted by Crippen LogP contribution is 2.14. The van der Waals surface area contributed by atoms with E-state index in [0.29, 0.717) is 11.3 Å². The number of rotatable bonds is 3. The quantitative estimate of drug-likeness (QED) is 0.743. The maximum atomic E-state index is 10.8. The predicted octanol–water partition coefficient (Wildman–Crippen LogP) is 2.02. The van der Waals surface area contributed by atoms with Gasteiger partial charge in [-0.3, -0.25) is 9.59 Å². The lowest BCUT2D eigenvalue weighted by atomic mass is 10.1. The van der Waals surface area contributed by atoms with E-state index in [2.05, 4.69) is 5.32 Å². The van der Waals surface area contributed by atoms with Crippen molar-refractivity contribution in [2.45, 2.75) is 20.3 Å². The van der Waals surface area contributed by atoms with E-state index in [-0.39, 0.29) is 5.91 Å². The SMILES string of the molecule is CCc1cc(C=O)cc(NC(C)=O)c1. The smallest absolute Gasteiger partial charge is 0.221 e. The van der Waals surface area contributed by atoms with E-state index >= 15 is 0 Å². The Kier molecular flexibility index (Phi) is 3.40. The lowest BCUT2D eigenvalue weighted by Gasteiger charge is -2.05. The molecule has 0 radical (unpaired) electrons. The van der Waals surface area contributed by atoms with Crippen molar-refractivity contribution in [2.24, 2.45) is 0 Å². The van der Waals surface area contributed by atoms with Gasteiger partial charge in [-0.25, -0.2) is 0 Å². The van der Waals surface area contributed by atoms with Crippen LogP contribution in [-0.2, 0) is 11.2 Å². The van der Waals surface area contributed by atoms with Crippen LogP contribution in [0.15, 0.2) is 18.2 Å². The molecule has 0 aromatic heterocycles. The second-order valence-corrected chi connectivity index (χ2v) is 3.12. The van der Waals surface area contributed by atoms with Crippen molar-refractivity contribution in [1.82, 2.24) is 0 Å². The fourth-order valence-corrected chi connectivity index (χ4v) is 1.27. The number of aryl methyl sites for hydroxylation is 1. The molecule has 1 aromatic rings. The van der Waals surface area contributed by atoms with Crippen molar-refractivity contribution in [1.29, 1.82) is 0 Å². The molecule has 0 saturated heterocycles. The molecular weight excluding hydrogens is 178 g/mol.